The fourth-order valence-electron chi connectivity index (χ4n) is 2.09. The molecule has 0 bridgehead atoms. The second-order valence-electron chi connectivity index (χ2n) is 3.94. The molecule has 3 nitrogen and oxygen atoms in total. The van der Waals surface area contributed by atoms with Gasteiger partial charge in [0.2, 0.25) is 0 Å². The minimum absolute atomic E-state index is 0.541. The van der Waals surface area contributed by atoms with E-state index >= 15 is 0 Å². The molecule has 1 saturated heterocycles. The lowest BCUT2D eigenvalue weighted by atomic mass is 10.0. The van der Waals surface area contributed by atoms with Gasteiger partial charge >= 0.3 is 0 Å². The fraction of sp³-hybridized carbons (Fsp3) is 0.700. The molecule has 2 N–H and O–H groups in total. The van der Waals surface area contributed by atoms with E-state index in [4.69, 9.17) is 17.3 Å². The van der Waals surface area contributed by atoms with E-state index in [9.17, 15) is 0 Å². The summed E-state index contributed by atoms with van der Waals surface area (Å²) in [6.07, 6.45) is 5.68. The lowest BCUT2D eigenvalue weighted by Gasteiger charge is -2.34. The Hall–Kier alpha value is -0.160. The van der Waals surface area contributed by atoms with Gasteiger partial charge in [0.15, 0.2) is 4.47 Å². The number of likely N-dealkylation sites (tertiary alicyclic amines) is 1. The largest absolute Gasteiger partial charge is 0.329 e. The molecule has 0 radical (unpaired) electrons. The highest BCUT2D eigenvalue weighted by Gasteiger charge is 2.21. The molecule has 0 aromatic carbocycles. The topological polar surface area (TPSA) is 42.1 Å². The normalized spacial score (nSPS) is 23.2. The summed E-state index contributed by atoms with van der Waals surface area (Å²) in [5, 5.41) is 0. The molecule has 84 valence electrons. The van der Waals surface area contributed by atoms with Crippen LogP contribution in [0, 0.1) is 0 Å². The molecule has 1 aromatic rings. The average Bonchev–Trinajstić information content (AvgIpc) is 2.65. The van der Waals surface area contributed by atoms with E-state index in [0.29, 0.717) is 10.5 Å². The van der Waals surface area contributed by atoms with E-state index in [-0.39, 0.29) is 0 Å². The summed E-state index contributed by atoms with van der Waals surface area (Å²) < 4.78 is 0.631. The van der Waals surface area contributed by atoms with Gasteiger partial charge in [0, 0.05) is 30.2 Å². The van der Waals surface area contributed by atoms with Crippen LogP contribution in [0.2, 0.25) is 4.47 Å². The first-order valence-electron chi connectivity index (χ1n) is 5.34. The first-order chi connectivity index (χ1) is 7.29. The van der Waals surface area contributed by atoms with Crippen molar-refractivity contribution >= 4 is 22.9 Å². The van der Waals surface area contributed by atoms with Crippen LogP contribution in [0.1, 0.15) is 24.1 Å². The van der Waals surface area contributed by atoms with Gasteiger partial charge in [0.25, 0.3) is 0 Å². The molecule has 2 heterocycles. The van der Waals surface area contributed by atoms with Gasteiger partial charge in [0.1, 0.15) is 0 Å². The lowest BCUT2D eigenvalue weighted by Crippen LogP contribution is -2.43. The first kappa shape index (κ1) is 11.3. The Bertz CT molecular complexity index is 315. The van der Waals surface area contributed by atoms with Crippen LogP contribution in [-0.2, 0) is 6.54 Å². The smallest absolute Gasteiger partial charge is 0.183 e. The Kier molecular flexibility index (Phi) is 3.97. The van der Waals surface area contributed by atoms with Gasteiger partial charge < -0.3 is 5.73 Å². The van der Waals surface area contributed by atoms with Crippen molar-refractivity contribution in [3.63, 3.8) is 0 Å². The Labute approximate surface area is 99.2 Å². The first-order valence-corrected chi connectivity index (χ1v) is 6.53. The number of aromatic nitrogens is 1. The Morgan fingerprint density at radius 1 is 1.60 bits per heavy atom. The molecule has 0 aliphatic carbocycles. The lowest BCUT2D eigenvalue weighted by molar-refractivity contribution is 0.146. The highest BCUT2D eigenvalue weighted by molar-refractivity contribution is 7.15. The van der Waals surface area contributed by atoms with E-state index < -0.39 is 0 Å². The van der Waals surface area contributed by atoms with Crippen molar-refractivity contribution in [2.75, 3.05) is 13.1 Å². The summed E-state index contributed by atoms with van der Waals surface area (Å²) in [7, 11) is 0. The molecular formula is C10H16ClN3S. The zero-order chi connectivity index (χ0) is 10.7. The molecule has 2 rings (SSSR count). The van der Waals surface area contributed by atoms with Crippen LogP contribution in [0.5, 0.6) is 0 Å². The maximum atomic E-state index is 5.81. The third-order valence-electron chi connectivity index (χ3n) is 2.91. The second-order valence-corrected chi connectivity index (χ2v) is 5.63. The fourth-order valence-corrected chi connectivity index (χ4v) is 3.10. The van der Waals surface area contributed by atoms with Crippen molar-refractivity contribution in [3.05, 3.63) is 15.5 Å². The molecule has 0 saturated carbocycles. The minimum atomic E-state index is 0.541. The summed E-state index contributed by atoms with van der Waals surface area (Å²) >= 11 is 7.38. The van der Waals surface area contributed by atoms with Gasteiger partial charge in [-0.3, -0.25) is 4.90 Å². The standard InChI is InChI=1S/C10H16ClN3S/c11-10-13-6-9(15-10)7-14-4-2-1-3-8(14)5-12/h6,8H,1-5,7,12H2. The third kappa shape index (κ3) is 2.91. The van der Waals surface area contributed by atoms with Crippen LogP contribution >= 0.6 is 22.9 Å². The number of halogens is 1. The predicted octanol–water partition coefficient (Wildman–Crippen LogP) is 2.11. The molecule has 1 aliphatic heterocycles. The number of hydrogen-bond acceptors (Lipinski definition) is 4. The van der Waals surface area contributed by atoms with Crippen molar-refractivity contribution in [2.45, 2.75) is 31.8 Å². The summed E-state index contributed by atoms with van der Waals surface area (Å²) in [6.45, 7) is 2.86. The average molecular weight is 246 g/mol. The summed E-state index contributed by atoms with van der Waals surface area (Å²) in [6, 6.07) is 0.541. The maximum Gasteiger partial charge on any atom is 0.183 e. The van der Waals surface area contributed by atoms with Gasteiger partial charge in [-0.2, -0.15) is 0 Å². The van der Waals surface area contributed by atoms with Crippen LogP contribution in [0.25, 0.3) is 0 Å². The molecule has 1 aromatic heterocycles. The van der Waals surface area contributed by atoms with E-state index in [1.807, 2.05) is 6.20 Å². The number of nitrogens with two attached hydrogens (primary N) is 1. The highest BCUT2D eigenvalue weighted by atomic mass is 35.5. The molecule has 1 atom stereocenters. The molecule has 1 unspecified atom stereocenters. The van der Waals surface area contributed by atoms with Gasteiger partial charge in [-0.05, 0) is 19.4 Å². The van der Waals surface area contributed by atoms with E-state index in [0.717, 1.165) is 19.6 Å². The van der Waals surface area contributed by atoms with Gasteiger partial charge in [-0.1, -0.05) is 18.0 Å². The molecule has 1 aliphatic rings. The second kappa shape index (κ2) is 5.25. The Balaban J connectivity index is 1.97. The molecule has 15 heavy (non-hydrogen) atoms. The Morgan fingerprint density at radius 3 is 3.13 bits per heavy atom. The maximum absolute atomic E-state index is 5.81. The van der Waals surface area contributed by atoms with Gasteiger partial charge in [-0.15, -0.1) is 11.3 Å². The zero-order valence-electron chi connectivity index (χ0n) is 8.66. The van der Waals surface area contributed by atoms with Crippen LogP contribution in [0.3, 0.4) is 0 Å². The Morgan fingerprint density at radius 2 is 2.47 bits per heavy atom. The number of thiazole rings is 1. The zero-order valence-corrected chi connectivity index (χ0v) is 10.2. The van der Waals surface area contributed by atoms with Gasteiger partial charge in [0.05, 0.1) is 0 Å². The number of piperidine rings is 1. The van der Waals surface area contributed by atoms with Gasteiger partial charge in [-0.25, -0.2) is 4.98 Å². The number of rotatable bonds is 3. The van der Waals surface area contributed by atoms with Crippen LogP contribution in [-0.4, -0.2) is 29.0 Å². The third-order valence-corrected chi connectivity index (χ3v) is 4.01. The van der Waals surface area contributed by atoms with Crippen molar-refractivity contribution in [1.29, 1.82) is 0 Å². The summed E-state index contributed by atoms with van der Waals surface area (Å²) in [5.41, 5.74) is 5.77. The monoisotopic (exact) mass is 245 g/mol. The molecular weight excluding hydrogens is 230 g/mol. The molecule has 1 fully saturated rings. The van der Waals surface area contributed by atoms with Crippen molar-refractivity contribution < 1.29 is 0 Å². The summed E-state index contributed by atoms with van der Waals surface area (Å²) in [4.78, 5) is 7.75. The van der Waals surface area contributed by atoms with E-state index in [2.05, 4.69) is 9.88 Å². The van der Waals surface area contributed by atoms with Crippen molar-refractivity contribution in [2.24, 2.45) is 5.73 Å². The quantitative estimate of drug-likeness (QED) is 0.887. The summed E-state index contributed by atoms with van der Waals surface area (Å²) in [5.74, 6) is 0. The number of hydrogen-bond donors (Lipinski definition) is 1. The van der Waals surface area contributed by atoms with E-state index in [1.54, 1.807) is 11.3 Å². The van der Waals surface area contributed by atoms with Crippen molar-refractivity contribution in [3.8, 4) is 0 Å². The van der Waals surface area contributed by atoms with Crippen LogP contribution in [0.4, 0.5) is 0 Å². The molecule has 0 spiro atoms. The van der Waals surface area contributed by atoms with E-state index in [1.165, 1.54) is 24.1 Å². The van der Waals surface area contributed by atoms with Crippen molar-refractivity contribution in [1.82, 2.24) is 9.88 Å². The number of nitrogens with zero attached hydrogens (tertiary/aromatic N) is 2. The van der Waals surface area contributed by atoms with Crippen LogP contribution in [0.15, 0.2) is 6.20 Å². The highest BCUT2D eigenvalue weighted by Crippen LogP contribution is 2.23. The predicted molar refractivity (Wildman–Crippen MR) is 64.2 cm³/mol. The molecule has 5 heteroatoms. The van der Waals surface area contributed by atoms with Crippen LogP contribution < -0.4 is 5.73 Å². The molecule has 0 amide bonds. The minimum Gasteiger partial charge on any atom is -0.329 e. The SMILES string of the molecule is NCC1CCCCN1Cc1cnc(Cl)s1.